The highest BCUT2D eigenvalue weighted by Gasteiger charge is 2.36. The molecule has 104 valence electrons. The lowest BCUT2D eigenvalue weighted by atomic mass is 9.91. The van der Waals surface area contributed by atoms with Crippen LogP contribution in [0.15, 0.2) is 42.6 Å². The zero-order valence-corrected chi connectivity index (χ0v) is 11.6. The summed E-state index contributed by atoms with van der Waals surface area (Å²) >= 11 is 0. The Morgan fingerprint density at radius 3 is 2.85 bits per heavy atom. The molecule has 1 aliphatic heterocycles. The van der Waals surface area contributed by atoms with Crippen LogP contribution in [0, 0.1) is 0 Å². The molecule has 2 aromatic rings. The Balaban J connectivity index is 1.94. The Morgan fingerprint density at radius 1 is 1.30 bits per heavy atom. The molecule has 2 unspecified atom stereocenters. The third-order valence-corrected chi connectivity index (χ3v) is 3.85. The number of aromatic nitrogens is 2. The normalized spacial score (nSPS) is 21.9. The van der Waals surface area contributed by atoms with E-state index in [1.807, 2.05) is 35.1 Å². The molecule has 1 saturated heterocycles. The van der Waals surface area contributed by atoms with E-state index in [0.717, 1.165) is 24.2 Å². The molecule has 0 spiro atoms. The highest BCUT2D eigenvalue weighted by Crippen LogP contribution is 2.38. The quantitative estimate of drug-likeness (QED) is 0.927. The molecule has 2 atom stereocenters. The van der Waals surface area contributed by atoms with Gasteiger partial charge in [-0.3, -0.25) is 9.48 Å². The fraction of sp³-hybridized carbons (Fsp3) is 0.375. The molecule has 1 aromatic heterocycles. The van der Waals surface area contributed by atoms with Gasteiger partial charge in [-0.1, -0.05) is 37.3 Å². The van der Waals surface area contributed by atoms with Crippen molar-refractivity contribution < 1.29 is 4.79 Å². The second-order valence-electron chi connectivity index (χ2n) is 5.25. The molecule has 0 radical (unpaired) electrons. The third-order valence-electron chi connectivity index (χ3n) is 3.85. The van der Waals surface area contributed by atoms with Crippen molar-refractivity contribution in [3.8, 4) is 0 Å². The molecule has 1 fully saturated rings. The van der Waals surface area contributed by atoms with E-state index in [4.69, 9.17) is 0 Å². The van der Waals surface area contributed by atoms with Crippen LogP contribution in [-0.4, -0.2) is 15.7 Å². The van der Waals surface area contributed by atoms with Gasteiger partial charge in [-0.2, -0.15) is 5.10 Å². The van der Waals surface area contributed by atoms with E-state index in [0.29, 0.717) is 6.42 Å². The first-order valence-electron chi connectivity index (χ1n) is 7.15. The van der Waals surface area contributed by atoms with E-state index in [-0.39, 0.29) is 17.9 Å². The van der Waals surface area contributed by atoms with Crippen LogP contribution in [-0.2, 0) is 11.3 Å². The van der Waals surface area contributed by atoms with Crippen molar-refractivity contribution in [2.45, 2.75) is 38.3 Å². The van der Waals surface area contributed by atoms with Crippen LogP contribution in [0.3, 0.4) is 0 Å². The lowest BCUT2D eigenvalue weighted by Gasteiger charge is -2.20. The van der Waals surface area contributed by atoms with Gasteiger partial charge in [-0.15, -0.1) is 0 Å². The molecule has 2 heterocycles. The second-order valence-corrected chi connectivity index (χ2v) is 5.25. The first-order valence-corrected chi connectivity index (χ1v) is 7.15. The summed E-state index contributed by atoms with van der Waals surface area (Å²) < 4.78 is 2.03. The van der Waals surface area contributed by atoms with E-state index in [1.54, 1.807) is 0 Å². The summed E-state index contributed by atoms with van der Waals surface area (Å²) in [4.78, 5) is 11.9. The van der Waals surface area contributed by atoms with Crippen molar-refractivity contribution in [3.63, 3.8) is 0 Å². The minimum atomic E-state index is 0.0519. The number of aryl methyl sites for hydroxylation is 1. The maximum atomic E-state index is 11.9. The molecule has 3 rings (SSSR count). The van der Waals surface area contributed by atoms with Gasteiger partial charge >= 0.3 is 0 Å². The van der Waals surface area contributed by atoms with Gasteiger partial charge in [0.15, 0.2) is 0 Å². The zero-order valence-electron chi connectivity index (χ0n) is 11.6. The Bertz CT molecular complexity index is 591. The number of hydrogen-bond acceptors (Lipinski definition) is 2. The van der Waals surface area contributed by atoms with Crippen LogP contribution in [0.1, 0.15) is 43.0 Å². The summed E-state index contributed by atoms with van der Waals surface area (Å²) in [6, 6.07) is 12.3. The molecule has 4 nitrogen and oxygen atoms in total. The lowest BCUT2D eigenvalue weighted by molar-refractivity contribution is -0.119. The SMILES string of the molecule is CCCn1nccc1C1CC(=O)NC1c1ccccc1. The van der Waals surface area contributed by atoms with Crippen LogP contribution in [0.5, 0.6) is 0 Å². The Hall–Kier alpha value is -2.10. The molecule has 0 bridgehead atoms. The molecular formula is C16H19N3O. The predicted molar refractivity (Wildman–Crippen MR) is 77.2 cm³/mol. The van der Waals surface area contributed by atoms with Crippen molar-refractivity contribution in [2.24, 2.45) is 0 Å². The van der Waals surface area contributed by atoms with Gasteiger partial charge in [0.25, 0.3) is 0 Å². The van der Waals surface area contributed by atoms with E-state index in [9.17, 15) is 4.79 Å². The smallest absolute Gasteiger partial charge is 0.221 e. The van der Waals surface area contributed by atoms with Crippen molar-refractivity contribution >= 4 is 5.91 Å². The van der Waals surface area contributed by atoms with Gasteiger partial charge in [-0.05, 0) is 18.1 Å². The Labute approximate surface area is 118 Å². The van der Waals surface area contributed by atoms with E-state index in [1.165, 1.54) is 0 Å². The van der Waals surface area contributed by atoms with E-state index < -0.39 is 0 Å². The minimum Gasteiger partial charge on any atom is -0.349 e. The topological polar surface area (TPSA) is 46.9 Å². The van der Waals surface area contributed by atoms with Crippen molar-refractivity contribution in [1.29, 1.82) is 0 Å². The molecule has 0 aliphatic carbocycles. The number of rotatable bonds is 4. The molecule has 0 saturated carbocycles. The van der Waals surface area contributed by atoms with Crippen molar-refractivity contribution in [2.75, 3.05) is 0 Å². The zero-order chi connectivity index (χ0) is 13.9. The molecule has 20 heavy (non-hydrogen) atoms. The molecule has 1 aliphatic rings. The number of benzene rings is 1. The summed E-state index contributed by atoms with van der Waals surface area (Å²) in [5.41, 5.74) is 2.31. The van der Waals surface area contributed by atoms with Gasteiger partial charge in [0, 0.05) is 30.8 Å². The van der Waals surface area contributed by atoms with Gasteiger partial charge in [-0.25, -0.2) is 0 Å². The fourth-order valence-electron chi connectivity index (χ4n) is 2.96. The van der Waals surface area contributed by atoms with Gasteiger partial charge in [0.2, 0.25) is 5.91 Å². The number of amides is 1. The van der Waals surface area contributed by atoms with Gasteiger partial charge < -0.3 is 5.32 Å². The van der Waals surface area contributed by atoms with Crippen LogP contribution in [0.4, 0.5) is 0 Å². The molecule has 4 heteroatoms. The Morgan fingerprint density at radius 2 is 2.10 bits per heavy atom. The third kappa shape index (κ3) is 2.33. The highest BCUT2D eigenvalue weighted by molar-refractivity contribution is 5.80. The maximum absolute atomic E-state index is 11.9. The first-order chi connectivity index (χ1) is 9.79. The summed E-state index contributed by atoms with van der Waals surface area (Å²) in [5.74, 6) is 0.284. The number of carbonyl (C=O) groups is 1. The molecule has 1 aromatic carbocycles. The maximum Gasteiger partial charge on any atom is 0.221 e. The Kier molecular flexibility index (Phi) is 3.54. The van der Waals surface area contributed by atoms with Crippen molar-refractivity contribution in [1.82, 2.24) is 15.1 Å². The van der Waals surface area contributed by atoms with Crippen LogP contribution >= 0.6 is 0 Å². The van der Waals surface area contributed by atoms with Gasteiger partial charge in [0.1, 0.15) is 0 Å². The largest absolute Gasteiger partial charge is 0.349 e. The van der Waals surface area contributed by atoms with Gasteiger partial charge in [0.05, 0.1) is 6.04 Å². The summed E-state index contributed by atoms with van der Waals surface area (Å²) in [5, 5.41) is 7.48. The van der Waals surface area contributed by atoms with E-state index in [2.05, 4.69) is 29.5 Å². The predicted octanol–water partition coefficient (Wildman–Crippen LogP) is 2.64. The summed E-state index contributed by atoms with van der Waals surface area (Å²) in [6.07, 6.45) is 3.41. The number of hydrogen-bond donors (Lipinski definition) is 1. The summed E-state index contributed by atoms with van der Waals surface area (Å²) in [7, 11) is 0. The molecule has 1 amide bonds. The average Bonchev–Trinajstić information content (AvgIpc) is 3.06. The standard InChI is InChI=1S/C16H19N3O/c1-2-10-19-14(8-9-17-19)13-11-15(20)18-16(13)12-6-4-3-5-7-12/h3-9,13,16H,2,10-11H2,1H3,(H,18,20). The average molecular weight is 269 g/mol. The van der Waals surface area contributed by atoms with E-state index >= 15 is 0 Å². The molecular weight excluding hydrogens is 250 g/mol. The molecule has 1 N–H and O–H groups in total. The van der Waals surface area contributed by atoms with Crippen LogP contribution < -0.4 is 5.32 Å². The number of nitrogens with zero attached hydrogens (tertiary/aromatic N) is 2. The van der Waals surface area contributed by atoms with Crippen molar-refractivity contribution in [3.05, 3.63) is 53.9 Å². The second kappa shape index (κ2) is 5.49. The minimum absolute atomic E-state index is 0.0519. The lowest BCUT2D eigenvalue weighted by Crippen LogP contribution is -2.21. The highest BCUT2D eigenvalue weighted by atomic mass is 16.2. The fourth-order valence-corrected chi connectivity index (χ4v) is 2.96. The monoisotopic (exact) mass is 269 g/mol. The summed E-state index contributed by atoms with van der Waals surface area (Å²) in [6.45, 7) is 3.03. The number of carbonyl (C=O) groups excluding carboxylic acids is 1. The van der Waals surface area contributed by atoms with Crippen LogP contribution in [0.2, 0.25) is 0 Å². The van der Waals surface area contributed by atoms with Crippen LogP contribution in [0.25, 0.3) is 0 Å². The first kappa shape index (κ1) is 12.9. The number of nitrogens with one attached hydrogen (secondary N) is 1.